The lowest BCUT2D eigenvalue weighted by atomic mass is 10.1. The third kappa shape index (κ3) is 2.20. The summed E-state index contributed by atoms with van der Waals surface area (Å²) in [7, 11) is 0. The van der Waals surface area contributed by atoms with Crippen molar-refractivity contribution in [3.63, 3.8) is 0 Å². The molecule has 3 aromatic rings. The molecule has 3 N–H and O–H groups in total. The zero-order valence-corrected chi connectivity index (χ0v) is 10.2. The first-order valence-electron chi connectivity index (χ1n) is 5.90. The van der Waals surface area contributed by atoms with Crippen molar-refractivity contribution >= 4 is 16.7 Å². The van der Waals surface area contributed by atoms with Crippen LogP contribution in [0.5, 0.6) is 11.5 Å². The predicted octanol–water partition coefficient (Wildman–Crippen LogP) is 3.30. The topological polar surface area (TPSA) is 68.6 Å². The van der Waals surface area contributed by atoms with Crippen LogP contribution < -0.4 is 10.5 Å². The Bertz CT molecular complexity index is 718. The SMILES string of the molecule is Nc1cccc2occ(COc3cccc(O)c3)c12. The Morgan fingerprint density at radius 2 is 2.00 bits per heavy atom. The van der Waals surface area contributed by atoms with E-state index in [4.69, 9.17) is 14.9 Å². The highest BCUT2D eigenvalue weighted by Crippen LogP contribution is 2.28. The van der Waals surface area contributed by atoms with Crippen molar-refractivity contribution in [3.8, 4) is 11.5 Å². The number of ether oxygens (including phenoxy) is 1. The van der Waals surface area contributed by atoms with Crippen LogP contribution in [0, 0.1) is 0 Å². The van der Waals surface area contributed by atoms with Gasteiger partial charge in [0.25, 0.3) is 0 Å². The molecule has 0 radical (unpaired) electrons. The number of hydrogen-bond acceptors (Lipinski definition) is 4. The number of phenols is 1. The van der Waals surface area contributed by atoms with E-state index in [1.165, 1.54) is 0 Å². The highest BCUT2D eigenvalue weighted by Gasteiger charge is 2.09. The predicted molar refractivity (Wildman–Crippen MR) is 73.1 cm³/mol. The number of anilines is 1. The fourth-order valence-electron chi connectivity index (χ4n) is 2.02. The number of rotatable bonds is 3. The fourth-order valence-corrected chi connectivity index (χ4v) is 2.02. The number of nitrogen functional groups attached to an aromatic ring is 1. The molecule has 0 aliphatic heterocycles. The summed E-state index contributed by atoms with van der Waals surface area (Å²) in [6, 6.07) is 12.2. The lowest BCUT2D eigenvalue weighted by molar-refractivity contribution is 0.304. The van der Waals surface area contributed by atoms with Gasteiger partial charge in [0.05, 0.1) is 6.26 Å². The van der Waals surface area contributed by atoms with Gasteiger partial charge in [-0.2, -0.15) is 0 Å². The number of furan rings is 1. The smallest absolute Gasteiger partial charge is 0.136 e. The van der Waals surface area contributed by atoms with Crippen molar-refractivity contribution in [2.24, 2.45) is 0 Å². The van der Waals surface area contributed by atoms with Gasteiger partial charge < -0.3 is 20.0 Å². The van der Waals surface area contributed by atoms with Crippen LogP contribution in [0.2, 0.25) is 0 Å². The molecule has 96 valence electrons. The molecule has 0 bridgehead atoms. The van der Waals surface area contributed by atoms with Crippen molar-refractivity contribution in [2.75, 3.05) is 5.73 Å². The van der Waals surface area contributed by atoms with E-state index in [1.54, 1.807) is 30.5 Å². The summed E-state index contributed by atoms with van der Waals surface area (Å²) < 4.78 is 11.1. The van der Waals surface area contributed by atoms with Crippen molar-refractivity contribution in [3.05, 3.63) is 54.3 Å². The Labute approximate surface area is 110 Å². The summed E-state index contributed by atoms with van der Waals surface area (Å²) in [5.41, 5.74) is 8.24. The third-order valence-corrected chi connectivity index (χ3v) is 2.92. The Balaban J connectivity index is 1.86. The van der Waals surface area contributed by atoms with E-state index in [1.807, 2.05) is 18.2 Å². The first kappa shape index (κ1) is 11.5. The zero-order valence-electron chi connectivity index (χ0n) is 10.2. The molecule has 0 unspecified atom stereocenters. The van der Waals surface area contributed by atoms with Crippen molar-refractivity contribution in [2.45, 2.75) is 6.61 Å². The Morgan fingerprint density at radius 3 is 2.84 bits per heavy atom. The molecule has 0 aliphatic carbocycles. The van der Waals surface area contributed by atoms with Crippen LogP contribution in [-0.2, 0) is 6.61 Å². The van der Waals surface area contributed by atoms with Gasteiger partial charge in [0.1, 0.15) is 23.7 Å². The van der Waals surface area contributed by atoms with Crippen LogP contribution in [0.1, 0.15) is 5.56 Å². The van der Waals surface area contributed by atoms with Gasteiger partial charge in [-0.25, -0.2) is 0 Å². The van der Waals surface area contributed by atoms with Crippen molar-refractivity contribution in [1.82, 2.24) is 0 Å². The Kier molecular flexibility index (Phi) is 2.76. The maximum absolute atomic E-state index is 9.37. The van der Waals surface area contributed by atoms with Crippen LogP contribution >= 0.6 is 0 Å². The highest BCUT2D eigenvalue weighted by molar-refractivity contribution is 5.92. The molecule has 4 heteroatoms. The van der Waals surface area contributed by atoms with Crippen LogP contribution in [0.15, 0.2) is 53.1 Å². The normalized spacial score (nSPS) is 10.7. The molecule has 0 spiro atoms. The summed E-state index contributed by atoms with van der Waals surface area (Å²) in [5, 5.41) is 10.2. The number of fused-ring (bicyclic) bond motifs is 1. The molecular weight excluding hydrogens is 242 g/mol. The van der Waals surface area contributed by atoms with E-state index >= 15 is 0 Å². The van der Waals surface area contributed by atoms with E-state index in [2.05, 4.69) is 0 Å². The van der Waals surface area contributed by atoms with Crippen LogP contribution in [0.4, 0.5) is 5.69 Å². The monoisotopic (exact) mass is 255 g/mol. The lowest BCUT2D eigenvalue weighted by Crippen LogP contribution is -1.95. The first-order valence-corrected chi connectivity index (χ1v) is 5.90. The van der Waals surface area contributed by atoms with Gasteiger partial charge in [-0.15, -0.1) is 0 Å². The number of benzene rings is 2. The lowest BCUT2D eigenvalue weighted by Gasteiger charge is -2.05. The molecule has 1 heterocycles. The molecule has 4 nitrogen and oxygen atoms in total. The average Bonchev–Trinajstić information content (AvgIpc) is 2.81. The quantitative estimate of drug-likeness (QED) is 0.704. The first-order chi connectivity index (χ1) is 9.24. The van der Waals surface area contributed by atoms with Crippen LogP contribution in [0.3, 0.4) is 0 Å². The van der Waals surface area contributed by atoms with E-state index in [0.29, 0.717) is 18.0 Å². The summed E-state index contributed by atoms with van der Waals surface area (Å²) in [6.45, 7) is 0.338. The van der Waals surface area contributed by atoms with Gasteiger partial charge in [0.2, 0.25) is 0 Å². The second-order valence-electron chi connectivity index (χ2n) is 4.27. The van der Waals surface area contributed by atoms with Gasteiger partial charge in [-0.1, -0.05) is 12.1 Å². The molecule has 0 saturated carbocycles. The Morgan fingerprint density at radius 1 is 1.16 bits per heavy atom. The molecule has 2 aromatic carbocycles. The molecule has 19 heavy (non-hydrogen) atoms. The molecular formula is C15H13NO3. The summed E-state index contributed by atoms with van der Waals surface area (Å²) in [5.74, 6) is 0.776. The minimum absolute atomic E-state index is 0.175. The van der Waals surface area contributed by atoms with E-state index in [-0.39, 0.29) is 5.75 Å². The molecule has 0 amide bonds. The molecule has 0 fully saturated rings. The van der Waals surface area contributed by atoms with Gasteiger partial charge in [-0.3, -0.25) is 0 Å². The maximum atomic E-state index is 9.37. The zero-order chi connectivity index (χ0) is 13.2. The maximum Gasteiger partial charge on any atom is 0.136 e. The summed E-state index contributed by atoms with van der Waals surface area (Å²) in [4.78, 5) is 0. The molecule has 0 atom stereocenters. The largest absolute Gasteiger partial charge is 0.508 e. The van der Waals surface area contributed by atoms with Gasteiger partial charge in [0, 0.05) is 22.7 Å². The number of phenolic OH excluding ortho intramolecular Hbond substituents is 1. The molecule has 3 rings (SSSR count). The van der Waals surface area contributed by atoms with Gasteiger partial charge >= 0.3 is 0 Å². The van der Waals surface area contributed by atoms with E-state index in [0.717, 1.165) is 16.5 Å². The van der Waals surface area contributed by atoms with Crippen molar-refractivity contribution in [1.29, 1.82) is 0 Å². The number of nitrogens with two attached hydrogens (primary N) is 1. The van der Waals surface area contributed by atoms with Gasteiger partial charge in [-0.05, 0) is 24.3 Å². The van der Waals surface area contributed by atoms with E-state index < -0.39 is 0 Å². The number of aromatic hydroxyl groups is 1. The molecule has 1 aromatic heterocycles. The van der Waals surface area contributed by atoms with Crippen molar-refractivity contribution < 1.29 is 14.3 Å². The number of hydrogen-bond donors (Lipinski definition) is 2. The highest BCUT2D eigenvalue weighted by atomic mass is 16.5. The van der Waals surface area contributed by atoms with Gasteiger partial charge in [0.15, 0.2) is 0 Å². The summed E-state index contributed by atoms with van der Waals surface area (Å²) >= 11 is 0. The average molecular weight is 255 g/mol. The van der Waals surface area contributed by atoms with Crippen LogP contribution in [-0.4, -0.2) is 5.11 Å². The van der Waals surface area contributed by atoms with Crippen LogP contribution in [0.25, 0.3) is 11.0 Å². The minimum atomic E-state index is 0.175. The third-order valence-electron chi connectivity index (χ3n) is 2.92. The second kappa shape index (κ2) is 4.57. The minimum Gasteiger partial charge on any atom is -0.508 e. The molecule has 0 aliphatic rings. The summed E-state index contributed by atoms with van der Waals surface area (Å²) in [6.07, 6.45) is 1.64. The molecule has 0 saturated heterocycles. The fraction of sp³-hybridized carbons (Fsp3) is 0.0667. The Hall–Kier alpha value is -2.62. The van der Waals surface area contributed by atoms with E-state index in [9.17, 15) is 5.11 Å². The standard InChI is InChI=1S/C15H13NO3/c16-13-5-2-6-14-15(13)10(9-19-14)8-18-12-4-1-3-11(17)7-12/h1-7,9,17H,8,16H2. The second-order valence-corrected chi connectivity index (χ2v) is 4.27.